The maximum Gasteiger partial charge on any atom is 0.348 e. The molecule has 0 fully saturated rings. The number of hydrogen-bond acceptors (Lipinski definition) is 7. The number of rotatable bonds is 4. The van der Waals surface area contributed by atoms with Gasteiger partial charge in [-0.2, -0.15) is 0 Å². The summed E-state index contributed by atoms with van der Waals surface area (Å²) in [6.45, 7) is -0.363. The molecule has 0 amide bonds. The Balaban J connectivity index is 2.15. The Morgan fingerprint density at radius 2 is 1.88 bits per heavy atom. The van der Waals surface area contributed by atoms with Gasteiger partial charge in [-0.05, 0) is 18.2 Å². The van der Waals surface area contributed by atoms with Gasteiger partial charge in [-0.15, -0.1) is 0 Å². The third-order valence-electron chi connectivity index (χ3n) is 3.83. The van der Waals surface area contributed by atoms with Gasteiger partial charge < -0.3 is 9.47 Å². The van der Waals surface area contributed by atoms with Crippen LogP contribution in [0.15, 0.2) is 53.4 Å². The van der Waals surface area contributed by atoms with Crippen LogP contribution in [0.2, 0.25) is 0 Å². The molecule has 2 aromatic carbocycles. The molecule has 1 heterocycles. The van der Waals surface area contributed by atoms with Gasteiger partial charge in [0, 0.05) is 6.07 Å². The Hall–Kier alpha value is -3.14. The zero-order valence-corrected chi connectivity index (χ0v) is 14.4. The molecule has 2 aromatic rings. The summed E-state index contributed by atoms with van der Waals surface area (Å²) < 4.78 is 37.4. The van der Waals surface area contributed by atoms with Crippen molar-refractivity contribution in [2.45, 2.75) is 11.0 Å². The first-order valence-electron chi connectivity index (χ1n) is 7.46. The lowest BCUT2D eigenvalue weighted by molar-refractivity contribution is -0.387. The van der Waals surface area contributed by atoms with Crippen LogP contribution in [-0.2, 0) is 19.6 Å². The van der Waals surface area contributed by atoms with Crippen molar-refractivity contribution in [3.05, 3.63) is 58.6 Å². The summed E-state index contributed by atoms with van der Waals surface area (Å²) in [5.74, 6) is -0.585. The number of carbonyl (C=O) groups is 1. The lowest BCUT2D eigenvalue weighted by Gasteiger charge is -2.33. The van der Waals surface area contributed by atoms with Crippen molar-refractivity contribution in [3.63, 3.8) is 0 Å². The quantitative estimate of drug-likeness (QED) is 0.452. The van der Waals surface area contributed by atoms with Crippen molar-refractivity contribution in [2.24, 2.45) is 0 Å². The van der Waals surface area contributed by atoms with Gasteiger partial charge in [-0.25, -0.2) is 13.2 Å². The number of anilines is 1. The van der Waals surface area contributed by atoms with Gasteiger partial charge in [0.1, 0.15) is 5.75 Å². The third-order valence-corrected chi connectivity index (χ3v) is 5.66. The molecule has 1 unspecified atom stereocenters. The molecule has 1 atom stereocenters. The van der Waals surface area contributed by atoms with Gasteiger partial charge in [0.05, 0.1) is 24.3 Å². The van der Waals surface area contributed by atoms with Crippen molar-refractivity contribution in [1.82, 2.24) is 0 Å². The average molecular weight is 378 g/mol. The minimum absolute atomic E-state index is 0.163. The number of fused-ring (bicyclic) bond motifs is 1. The van der Waals surface area contributed by atoms with E-state index in [0.29, 0.717) is 0 Å². The second-order valence-corrected chi connectivity index (χ2v) is 7.19. The molecule has 0 bridgehead atoms. The number of para-hydroxylation sites is 3. The maximum atomic E-state index is 13.1. The normalized spacial score (nSPS) is 16.3. The predicted molar refractivity (Wildman–Crippen MR) is 90.5 cm³/mol. The second-order valence-electron chi connectivity index (χ2n) is 5.36. The molecule has 1 aliphatic heterocycles. The molecule has 9 nitrogen and oxygen atoms in total. The van der Waals surface area contributed by atoms with Crippen molar-refractivity contribution < 1.29 is 27.6 Å². The number of benzene rings is 2. The van der Waals surface area contributed by atoms with Gasteiger partial charge in [0.2, 0.25) is 6.10 Å². The van der Waals surface area contributed by atoms with Crippen LogP contribution in [0.4, 0.5) is 11.4 Å². The Bertz CT molecular complexity index is 974. The van der Waals surface area contributed by atoms with Crippen LogP contribution in [0.5, 0.6) is 5.75 Å². The summed E-state index contributed by atoms with van der Waals surface area (Å²) >= 11 is 0. The summed E-state index contributed by atoms with van der Waals surface area (Å²) in [7, 11) is -3.16. The molecule has 0 aromatic heterocycles. The molecule has 0 spiro atoms. The average Bonchev–Trinajstić information content (AvgIpc) is 2.66. The van der Waals surface area contributed by atoms with E-state index >= 15 is 0 Å². The summed E-state index contributed by atoms with van der Waals surface area (Å²) in [6, 6.07) is 11.2. The fourth-order valence-corrected chi connectivity index (χ4v) is 4.27. The van der Waals surface area contributed by atoms with Crippen LogP contribution >= 0.6 is 0 Å². The lowest BCUT2D eigenvalue weighted by atomic mass is 10.2. The topological polar surface area (TPSA) is 116 Å². The molecule has 0 saturated heterocycles. The Labute approximate surface area is 149 Å². The van der Waals surface area contributed by atoms with Gasteiger partial charge in [0.25, 0.3) is 15.7 Å². The Morgan fingerprint density at radius 3 is 2.58 bits per heavy atom. The van der Waals surface area contributed by atoms with Gasteiger partial charge >= 0.3 is 5.97 Å². The smallest absolute Gasteiger partial charge is 0.348 e. The first kappa shape index (κ1) is 17.7. The second kappa shape index (κ2) is 6.64. The van der Waals surface area contributed by atoms with Crippen LogP contribution in [0, 0.1) is 10.1 Å². The van der Waals surface area contributed by atoms with Gasteiger partial charge in [-0.3, -0.25) is 14.4 Å². The van der Waals surface area contributed by atoms with Crippen LogP contribution in [-0.4, -0.2) is 39.1 Å². The number of nitro benzene ring substituents is 1. The lowest BCUT2D eigenvalue weighted by Crippen LogP contribution is -2.47. The van der Waals surface area contributed by atoms with Gasteiger partial charge in [-0.1, -0.05) is 24.3 Å². The maximum absolute atomic E-state index is 13.1. The van der Waals surface area contributed by atoms with Crippen LogP contribution in [0.3, 0.4) is 0 Å². The molecule has 3 rings (SSSR count). The SMILES string of the molecule is COC(=O)C1CN(S(=O)(=O)c2ccccc2[N+](=O)[O-])c2ccccc2O1. The highest BCUT2D eigenvalue weighted by Crippen LogP contribution is 2.38. The van der Waals surface area contributed by atoms with Crippen LogP contribution in [0.1, 0.15) is 0 Å². The molecule has 0 N–H and O–H groups in total. The number of sulfonamides is 1. The molecule has 26 heavy (non-hydrogen) atoms. The predicted octanol–water partition coefficient (Wildman–Crippen LogP) is 1.72. The number of carbonyl (C=O) groups excluding carboxylic acids is 1. The fraction of sp³-hybridized carbons (Fsp3) is 0.188. The van der Waals surface area contributed by atoms with Crippen molar-refractivity contribution in [3.8, 4) is 5.75 Å². The zero-order chi connectivity index (χ0) is 18.9. The minimum atomic E-state index is -4.32. The number of esters is 1. The molecule has 136 valence electrons. The molecule has 10 heteroatoms. The van der Waals surface area contributed by atoms with Crippen LogP contribution < -0.4 is 9.04 Å². The number of hydrogen-bond donors (Lipinski definition) is 0. The molecule has 0 radical (unpaired) electrons. The first-order valence-corrected chi connectivity index (χ1v) is 8.90. The number of nitrogens with zero attached hydrogens (tertiary/aromatic N) is 2. The van der Waals surface area contributed by atoms with E-state index in [1.165, 1.54) is 24.3 Å². The number of nitro groups is 1. The molecule has 0 aliphatic carbocycles. The summed E-state index contributed by atoms with van der Waals surface area (Å²) in [5, 5.41) is 11.2. The molecule has 0 saturated carbocycles. The van der Waals surface area contributed by atoms with E-state index in [2.05, 4.69) is 4.74 Å². The number of ether oxygens (including phenoxy) is 2. The van der Waals surface area contributed by atoms with Crippen molar-refractivity contribution in [2.75, 3.05) is 18.0 Å². The monoisotopic (exact) mass is 378 g/mol. The van der Waals surface area contributed by atoms with E-state index < -0.39 is 37.6 Å². The molecular weight excluding hydrogens is 364 g/mol. The number of methoxy groups -OCH3 is 1. The zero-order valence-electron chi connectivity index (χ0n) is 13.6. The summed E-state index contributed by atoms with van der Waals surface area (Å²) in [6.07, 6.45) is -1.19. The van der Waals surface area contributed by atoms with Crippen molar-refractivity contribution in [1.29, 1.82) is 0 Å². The minimum Gasteiger partial charge on any atom is -0.475 e. The Morgan fingerprint density at radius 1 is 1.23 bits per heavy atom. The molecular formula is C16H14N2O7S. The van der Waals surface area contributed by atoms with Crippen LogP contribution in [0.25, 0.3) is 0 Å². The summed E-state index contributed by atoms with van der Waals surface area (Å²) in [5.41, 5.74) is -0.364. The van der Waals surface area contributed by atoms with E-state index in [1.807, 2.05) is 0 Å². The third kappa shape index (κ3) is 2.94. The first-order chi connectivity index (χ1) is 12.4. The highest BCUT2D eigenvalue weighted by Gasteiger charge is 2.40. The van der Waals surface area contributed by atoms with Crippen molar-refractivity contribution >= 4 is 27.4 Å². The largest absolute Gasteiger partial charge is 0.475 e. The van der Waals surface area contributed by atoms with E-state index in [-0.39, 0.29) is 18.0 Å². The van der Waals surface area contributed by atoms with Gasteiger partial charge in [0.15, 0.2) is 4.90 Å². The highest BCUT2D eigenvalue weighted by atomic mass is 32.2. The van der Waals surface area contributed by atoms with E-state index in [1.54, 1.807) is 12.1 Å². The highest BCUT2D eigenvalue weighted by molar-refractivity contribution is 7.93. The van der Waals surface area contributed by atoms with E-state index in [9.17, 15) is 23.3 Å². The Kier molecular flexibility index (Phi) is 4.51. The molecule has 1 aliphatic rings. The summed E-state index contributed by atoms with van der Waals surface area (Å²) in [4.78, 5) is 21.9. The standard InChI is InChI=1S/C16H14N2O7S/c1-24-16(19)14-10-17(11-6-2-4-8-13(11)25-14)26(22,23)15-9-5-3-7-12(15)18(20)21/h2-9,14H,10H2,1H3. The van der Waals surface area contributed by atoms with E-state index in [4.69, 9.17) is 4.74 Å². The fourth-order valence-electron chi connectivity index (χ4n) is 2.63. The van der Waals surface area contributed by atoms with E-state index in [0.717, 1.165) is 23.5 Å².